The van der Waals surface area contributed by atoms with Gasteiger partial charge >= 0.3 is 0 Å². The van der Waals surface area contributed by atoms with Crippen molar-refractivity contribution < 1.29 is 18.7 Å². The molecule has 2 heterocycles. The van der Waals surface area contributed by atoms with E-state index in [1.165, 1.54) is 6.92 Å². The van der Waals surface area contributed by atoms with Crippen LogP contribution >= 0.6 is 9.24 Å². The summed E-state index contributed by atoms with van der Waals surface area (Å²) >= 11 is 0. The minimum Gasteiger partial charge on any atom is -0.367 e. The number of nitrogens with one attached hydrogen (secondary N) is 2. The maximum Gasteiger partial charge on any atom is 0.230 e. The Morgan fingerprint density at radius 2 is 1.94 bits per heavy atom. The van der Waals surface area contributed by atoms with Crippen LogP contribution < -0.4 is 10.6 Å². The predicted octanol–water partition coefficient (Wildman–Crippen LogP) is 4.78. The van der Waals surface area contributed by atoms with Gasteiger partial charge in [0.25, 0.3) is 0 Å². The molecule has 0 bridgehead atoms. The van der Waals surface area contributed by atoms with Crippen LogP contribution in [0.5, 0.6) is 0 Å². The number of carbonyl (C=O) groups excluding carboxylic acids is 2. The van der Waals surface area contributed by atoms with Crippen molar-refractivity contribution in [1.29, 1.82) is 0 Å². The van der Waals surface area contributed by atoms with E-state index in [0.29, 0.717) is 12.4 Å². The lowest BCUT2D eigenvalue weighted by Gasteiger charge is -2.34. The summed E-state index contributed by atoms with van der Waals surface area (Å²) in [6, 6.07) is 17.5. The fourth-order valence-corrected chi connectivity index (χ4v) is 3.86. The molecule has 0 radical (unpaired) electrons. The van der Waals surface area contributed by atoms with E-state index in [0.717, 1.165) is 28.1 Å². The number of halogens is 1. The summed E-state index contributed by atoms with van der Waals surface area (Å²) in [5, 5.41) is 8.62. The summed E-state index contributed by atoms with van der Waals surface area (Å²) in [6.07, 6.45) is 0.171. The average Bonchev–Trinajstić information content (AvgIpc) is 3.44. The van der Waals surface area contributed by atoms with Crippen LogP contribution in [0, 0.1) is 12.8 Å². The summed E-state index contributed by atoms with van der Waals surface area (Å²) in [7, 11) is 2.20. The molecule has 0 saturated carbocycles. The van der Waals surface area contributed by atoms with Gasteiger partial charge in [-0.2, -0.15) is 0 Å². The van der Waals surface area contributed by atoms with Gasteiger partial charge in [0.2, 0.25) is 11.8 Å². The molecule has 2 amide bonds. The topological polar surface area (TPSA) is 85.3 Å². The first-order chi connectivity index (χ1) is 16.9. The quantitative estimate of drug-likeness (QED) is 0.427. The molecule has 190 valence electrons. The Bertz CT molecular complexity index is 1260. The zero-order chi connectivity index (χ0) is 26.1. The summed E-state index contributed by atoms with van der Waals surface area (Å²) < 4.78 is 22.2. The predicted molar refractivity (Wildman–Crippen MR) is 142 cm³/mol. The van der Waals surface area contributed by atoms with Crippen molar-refractivity contribution in [3.05, 3.63) is 65.7 Å². The smallest absolute Gasteiger partial charge is 0.230 e. The summed E-state index contributed by atoms with van der Waals surface area (Å²) in [6.45, 7) is 7.49. The van der Waals surface area contributed by atoms with Gasteiger partial charge in [-0.3, -0.25) is 9.59 Å². The lowest BCUT2D eigenvalue weighted by atomic mass is 10.0. The third-order valence-electron chi connectivity index (χ3n) is 6.59. The largest absolute Gasteiger partial charge is 0.367 e. The Hall–Kier alpha value is -3.09. The van der Waals surface area contributed by atoms with Gasteiger partial charge in [-0.05, 0) is 51.5 Å². The monoisotopic (exact) mass is 510 g/mol. The molecule has 0 aliphatic carbocycles. The van der Waals surface area contributed by atoms with Crippen LogP contribution in [0.3, 0.4) is 0 Å². The van der Waals surface area contributed by atoms with Gasteiger partial charge in [-0.15, -0.1) is 5.10 Å². The molecule has 0 spiro atoms. The number of anilines is 1. The van der Waals surface area contributed by atoms with Crippen molar-refractivity contribution in [1.82, 2.24) is 15.1 Å². The molecule has 1 aliphatic rings. The zero-order valence-corrected chi connectivity index (χ0v) is 22.1. The number of alkyl halides is 1. The van der Waals surface area contributed by atoms with Crippen LogP contribution in [0.1, 0.15) is 38.3 Å². The van der Waals surface area contributed by atoms with E-state index in [2.05, 4.69) is 25.0 Å². The maximum absolute atomic E-state index is 14.5. The second-order valence-corrected chi connectivity index (χ2v) is 11.0. The van der Waals surface area contributed by atoms with E-state index in [-0.39, 0.29) is 24.8 Å². The number of hydrogen-bond acceptors (Lipinski definition) is 4. The van der Waals surface area contributed by atoms with E-state index < -0.39 is 16.9 Å². The summed E-state index contributed by atoms with van der Waals surface area (Å²) in [5.41, 5.74) is 3.49. The number of benzene rings is 2. The van der Waals surface area contributed by atoms with Gasteiger partial charge in [-0.1, -0.05) is 45.1 Å². The van der Waals surface area contributed by atoms with E-state index in [1.54, 1.807) is 18.5 Å². The molecule has 2 aromatic carbocycles. The zero-order valence-electron chi connectivity index (χ0n) is 21.0. The molecule has 1 fully saturated rings. The van der Waals surface area contributed by atoms with E-state index in [9.17, 15) is 14.0 Å². The van der Waals surface area contributed by atoms with Gasteiger partial charge < -0.3 is 15.4 Å². The molecule has 3 atom stereocenters. The van der Waals surface area contributed by atoms with Gasteiger partial charge in [0.05, 0.1) is 23.9 Å². The van der Waals surface area contributed by atoms with Gasteiger partial charge in [0.15, 0.2) is 5.82 Å². The van der Waals surface area contributed by atoms with E-state index >= 15 is 0 Å². The van der Waals surface area contributed by atoms with Crippen molar-refractivity contribution >= 4 is 26.9 Å². The summed E-state index contributed by atoms with van der Waals surface area (Å²) in [4.78, 5) is 24.2. The summed E-state index contributed by atoms with van der Waals surface area (Å²) in [5.74, 6) is -0.399. The number of rotatable bonds is 8. The van der Waals surface area contributed by atoms with Gasteiger partial charge in [0, 0.05) is 24.6 Å². The van der Waals surface area contributed by atoms with Crippen LogP contribution in [0.2, 0.25) is 0 Å². The van der Waals surface area contributed by atoms with Crippen LogP contribution in [-0.4, -0.2) is 39.2 Å². The van der Waals surface area contributed by atoms with Crippen molar-refractivity contribution in [3.8, 4) is 16.9 Å². The van der Waals surface area contributed by atoms with Crippen molar-refractivity contribution in [2.75, 3.05) is 11.9 Å². The van der Waals surface area contributed by atoms with Gasteiger partial charge in [0.1, 0.15) is 11.0 Å². The molecular formula is C27H32FN4O3P. The van der Waals surface area contributed by atoms with E-state index in [4.69, 9.17) is 4.74 Å². The highest BCUT2D eigenvalue weighted by Crippen LogP contribution is 2.36. The normalized spacial score (nSPS) is 17.5. The SMILES string of the molecule is Cc1ccc(-n2nc(NC(=O)[C@@H]3CNC(=O)C3)cc2-c2cccc(COC(C)(C)C(C)(F)P)c2)cc1. The second kappa shape index (κ2) is 10.1. The van der Waals surface area contributed by atoms with Crippen molar-refractivity contribution in [2.24, 2.45) is 5.92 Å². The third kappa shape index (κ3) is 5.82. The van der Waals surface area contributed by atoms with Crippen LogP contribution in [0.25, 0.3) is 16.9 Å². The maximum atomic E-state index is 14.5. The molecule has 2 unspecified atom stereocenters. The molecule has 1 saturated heterocycles. The van der Waals surface area contributed by atoms with Crippen molar-refractivity contribution in [3.63, 3.8) is 0 Å². The number of nitrogens with zero attached hydrogens (tertiary/aromatic N) is 2. The van der Waals surface area contributed by atoms with Crippen LogP contribution in [-0.2, 0) is 20.9 Å². The molecule has 9 heteroatoms. The first kappa shape index (κ1) is 26.0. The number of aryl methyl sites for hydroxylation is 1. The first-order valence-corrected chi connectivity index (χ1v) is 12.5. The minimum atomic E-state index is -1.58. The third-order valence-corrected chi connectivity index (χ3v) is 7.28. The average molecular weight is 511 g/mol. The number of hydrogen-bond donors (Lipinski definition) is 2. The Balaban J connectivity index is 1.64. The fraction of sp³-hybridized carbons (Fsp3) is 0.370. The second-order valence-electron chi connectivity index (χ2n) is 9.93. The first-order valence-electron chi connectivity index (χ1n) is 11.9. The van der Waals surface area contributed by atoms with Crippen LogP contribution in [0.15, 0.2) is 54.6 Å². The van der Waals surface area contributed by atoms with Gasteiger partial charge in [-0.25, -0.2) is 9.07 Å². The molecule has 4 rings (SSSR count). The van der Waals surface area contributed by atoms with Crippen molar-refractivity contribution in [2.45, 2.75) is 51.7 Å². The molecular weight excluding hydrogens is 478 g/mol. The minimum absolute atomic E-state index is 0.127. The highest BCUT2D eigenvalue weighted by atomic mass is 31.0. The van der Waals surface area contributed by atoms with Crippen LogP contribution in [0.4, 0.5) is 10.2 Å². The number of carbonyl (C=O) groups is 2. The molecule has 1 aromatic heterocycles. The lowest BCUT2D eigenvalue weighted by molar-refractivity contribution is -0.123. The molecule has 7 nitrogen and oxygen atoms in total. The number of amides is 2. The molecule has 2 N–H and O–H groups in total. The molecule has 3 aromatic rings. The Morgan fingerprint density at radius 1 is 1.22 bits per heavy atom. The molecule has 36 heavy (non-hydrogen) atoms. The van der Waals surface area contributed by atoms with E-state index in [1.807, 2.05) is 61.5 Å². The molecule has 1 aliphatic heterocycles. The fourth-order valence-electron chi connectivity index (χ4n) is 3.77. The number of ether oxygens (including phenoxy) is 1. The lowest BCUT2D eigenvalue weighted by Crippen LogP contribution is -2.41. The number of aromatic nitrogens is 2. The highest BCUT2D eigenvalue weighted by Gasteiger charge is 2.38. The standard InChI is InChI=1S/C27H32FN4O3P/c1-17-8-10-21(11-9-17)32-22(14-23(31-32)30-25(34)20-13-24(33)29-15-20)19-7-5-6-18(12-19)16-35-26(2,3)27(4,28)36/h5-12,14,20H,13,15-16,36H2,1-4H3,(H,29,33)(H,30,31,34)/t20-,27?/m0/s1. The Morgan fingerprint density at radius 3 is 2.58 bits per heavy atom. The Kier molecular flexibility index (Phi) is 7.30. The Labute approximate surface area is 213 Å². The highest BCUT2D eigenvalue weighted by molar-refractivity contribution is 7.18.